The Labute approximate surface area is 155 Å². The third-order valence-corrected chi connectivity index (χ3v) is 5.55. The molecule has 0 unspecified atom stereocenters. The molecule has 0 aliphatic carbocycles. The molecule has 1 fully saturated rings. The normalized spacial score (nSPS) is 15.3. The van der Waals surface area contributed by atoms with Crippen molar-refractivity contribution in [1.82, 2.24) is 10.2 Å². The largest absolute Gasteiger partial charge is 0.451 e. The lowest BCUT2D eigenvalue weighted by molar-refractivity contribution is 0.0684. The molecular weight excluding hydrogens is 348 g/mol. The lowest BCUT2D eigenvalue weighted by Crippen LogP contribution is -2.41. The van der Waals surface area contributed by atoms with Crippen molar-refractivity contribution in [3.8, 4) is 0 Å². The first kappa shape index (κ1) is 16.8. The zero-order valence-electron chi connectivity index (χ0n) is 14.3. The van der Waals surface area contributed by atoms with Gasteiger partial charge in [-0.25, -0.2) is 0 Å². The number of rotatable bonds is 4. The Kier molecular flexibility index (Phi) is 4.75. The van der Waals surface area contributed by atoms with Crippen LogP contribution in [0.25, 0.3) is 11.0 Å². The second-order valence-corrected chi connectivity index (χ2v) is 7.39. The van der Waals surface area contributed by atoms with Crippen molar-refractivity contribution in [2.75, 3.05) is 19.6 Å². The van der Waals surface area contributed by atoms with Crippen molar-refractivity contribution >= 4 is 34.1 Å². The number of hydrogen-bond donors (Lipinski definition) is 1. The van der Waals surface area contributed by atoms with Crippen LogP contribution in [0.1, 0.15) is 33.8 Å². The van der Waals surface area contributed by atoms with Crippen LogP contribution in [-0.4, -0.2) is 36.3 Å². The average Bonchev–Trinajstić information content (AvgIpc) is 3.35. The van der Waals surface area contributed by atoms with Gasteiger partial charge in [0.25, 0.3) is 11.8 Å². The molecule has 1 N–H and O–H groups in total. The predicted molar refractivity (Wildman–Crippen MR) is 101 cm³/mol. The average molecular weight is 368 g/mol. The quantitative estimate of drug-likeness (QED) is 0.762. The summed E-state index contributed by atoms with van der Waals surface area (Å²) in [5.41, 5.74) is 1.49. The fourth-order valence-electron chi connectivity index (χ4n) is 3.33. The predicted octanol–water partition coefficient (Wildman–Crippen LogP) is 3.78. The third-order valence-electron chi connectivity index (χ3n) is 4.87. The number of carbonyl (C=O) groups excluding carboxylic acids is 2. The summed E-state index contributed by atoms with van der Waals surface area (Å²) >= 11 is 1.54. The van der Waals surface area contributed by atoms with Crippen molar-refractivity contribution in [1.29, 1.82) is 0 Å². The second kappa shape index (κ2) is 7.33. The molecule has 0 bridgehead atoms. The molecule has 0 saturated carbocycles. The fourth-order valence-corrected chi connectivity index (χ4v) is 3.96. The number of nitrogens with zero attached hydrogens (tertiary/aromatic N) is 1. The standard InChI is InChI=1S/C20H20N2O3S/c23-19(18-11-15-3-1-2-4-17(15)25-18)21-12-14-5-8-22(9-6-14)20(24)16-7-10-26-13-16/h1-4,7,10-11,13-14H,5-6,8-9,12H2,(H,21,23). The lowest BCUT2D eigenvalue weighted by Gasteiger charge is -2.31. The molecule has 4 rings (SSSR count). The van der Waals surface area contributed by atoms with Crippen LogP contribution in [0.4, 0.5) is 0 Å². The number of likely N-dealkylation sites (tertiary alicyclic amines) is 1. The van der Waals surface area contributed by atoms with E-state index < -0.39 is 0 Å². The van der Waals surface area contributed by atoms with Gasteiger partial charge in [-0.05, 0) is 42.3 Å². The first-order valence-electron chi connectivity index (χ1n) is 8.79. The lowest BCUT2D eigenvalue weighted by atomic mass is 9.96. The van der Waals surface area contributed by atoms with E-state index >= 15 is 0 Å². The van der Waals surface area contributed by atoms with Gasteiger partial charge >= 0.3 is 0 Å². The van der Waals surface area contributed by atoms with E-state index in [4.69, 9.17) is 4.42 Å². The number of para-hydroxylation sites is 1. The Bertz CT molecular complexity index is 875. The maximum absolute atomic E-state index is 12.4. The van der Waals surface area contributed by atoms with Crippen LogP contribution in [0.2, 0.25) is 0 Å². The van der Waals surface area contributed by atoms with Gasteiger partial charge in [0.05, 0.1) is 5.56 Å². The molecule has 1 aliphatic rings. The van der Waals surface area contributed by atoms with Crippen LogP contribution in [-0.2, 0) is 0 Å². The highest BCUT2D eigenvalue weighted by Crippen LogP contribution is 2.21. The van der Waals surface area contributed by atoms with Gasteiger partial charge in [0.1, 0.15) is 5.58 Å². The molecule has 6 heteroatoms. The van der Waals surface area contributed by atoms with Crippen LogP contribution >= 0.6 is 11.3 Å². The number of benzene rings is 1. The maximum Gasteiger partial charge on any atom is 0.287 e. The first-order valence-corrected chi connectivity index (χ1v) is 9.73. The summed E-state index contributed by atoms with van der Waals surface area (Å²) in [5, 5.41) is 7.71. The topological polar surface area (TPSA) is 62.6 Å². The molecule has 1 saturated heterocycles. The summed E-state index contributed by atoms with van der Waals surface area (Å²) < 4.78 is 5.60. The van der Waals surface area contributed by atoms with Gasteiger partial charge < -0.3 is 14.6 Å². The maximum atomic E-state index is 12.4. The van der Waals surface area contributed by atoms with E-state index in [1.807, 2.05) is 46.0 Å². The first-order chi connectivity index (χ1) is 12.7. The number of hydrogen-bond acceptors (Lipinski definition) is 4. The van der Waals surface area contributed by atoms with Crippen molar-refractivity contribution in [3.05, 3.63) is 58.5 Å². The van der Waals surface area contributed by atoms with E-state index in [9.17, 15) is 9.59 Å². The van der Waals surface area contributed by atoms with E-state index in [0.29, 0.717) is 18.2 Å². The van der Waals surface area contributed by atoms with Crippen LogP contribution in [0, 0.1) is 5.92 Å². The Morgan fingerprint density at radius 3 is 2.73 bits per heavy atom. The monoisotopic (exact) mass is 368 g/mol. The summed E-state index contributed by atoms with van der Waals surface area (Å²) in [7, 11) is 0. The van der Waals surface area contributed by atoms with Crippen LogP contribution < -0.4 is 5.32 Å². The van der Waals surface area contributed by atoms with E-state index in [0.717, 1.165) is 42.5 Å². The minimum absolute atomic E-state index is 0.107. The number of thiophene rings is 1. The summed E-state index contributed by atoms with van der Waals surface area (Å²) in [6.45, 7) is 2.08. The van der Waals surface area contributed by atoms with Crippen molar-refractivity contribution in [2.45, 2.75) is 12.8 Å². The molecular formula is C20H20N2O3S. The van der Waals surface area contributed by atoms with Crippen LogP contribution in [0.3, 0.4) is 0 Å². The van der Waals surface area contributed by atoms with Crippen molar-refractivity contribution in [2.24, 2.45) is 5.92 Å². The molecule has 1 aromatic carbocycles. The minimum atomic E-state index is -0.182. The van der Waals surface area contributed by atoms with Gasteiger partial charge in [0, 0.05) is 30.4 Å². The van der Waals surface area contributed by atoms with Gasteiger partial charge in [-0.3, -0.25) is 9.59 Å². The fraction of sp³-hybridized carbons (Fsp3) is 0.300. The molecule has 0 spiro atoms. The molecule has 0 radical (unpaired) electrons. The summed E-state index contributed by atoms with van der Waals surface area (Å²) in [6, 6.07) is 11.2. The van der Waals surface area contributed by atoms with E-state index in [2.05, 4.69) is 5.32 Å². The van der Waals surface area contributed by atoms with Gasteiger partial charge in [-0.2, -0.15) is 11.3 Å². The van der Waals surface area contributed by atoms with E-state index in [1.54, 1.807) is 6.07 Å². The zero-order chi connectivity index (χ0) is 17.9. The SMILES string of the molecule is O=C(NCC1CCN(C(=O)c2ccsc2)CC1)c1cc2ccccc2o1. The molecule has 1 aliphatic heterocycles. The van der Waals surface area contributed by atoms with Gasteiger partial charge in [-0.15, -0.1) is 0 Å². The Hall–Kier alpha value is -2.60. The summed E-state index contributed by atoms with van der Waals surface area (Å²) in [4.78, 5) is 26.6. The van der Waals surface area contributed by atoms with Gasteiger partial charge in [0.15, 0.2) is 5.76 Å². The van der Waals surface area contributed by atoms with Gasteiger partial charge in [-0.1, -0.05) is 18.2 Å². The highest BCUT2D eigenvalue weighted by atomic mass is 32.1. The number of fused-ring (bicyclic) bond motifs is 1. The molecule has 3 aromatic rings. The number of amides is 2. The highest BCUT2D eigenvalue weighted by Gasteiger charge is 2.24. The number of carbonyl (C=O) groups is 2. The summed E-state index contributed by atoms with van der Waals surface area (Å²) in [5.74, 6) is 0.653. The second-order valence-electron chi connectivity index (χ2n) is 6.61. The van der Waals surface area contributed by atoms with E-state index in [1.165, 1.54) is 11.3 Å². The van der Waals surface area contributed by atoms with Crippen LogP contribution in [0.15, 0.2) is 51.6 Å². The smallest absolute Gasteiger partial charge is 0.287 e. The molecule has 0 atom stereocenters. The molecule has 2 amide bonds. The number of furan rings is 1. The minimum Gasteiger partial charge on any atom is -0.451 e. The van der Waals surface area contributed by atoms with E-state index in [-0.39, 0.29) is 11.8 Å². The van der Waals surface area contributed by atoms with Crippen molar-refractivity contribution < 1.29 is 14.0 Å². The van der Waals surface area contributed by atoms with Crippen molar-refractivity contribution in [3.63, 3.8) is 0 Å². The highest BCUT2D eigenvalue weighted by molar-refractivity contribution is 7.08. The number of nitrogens with one attached hydrogen (secondary N) is 1. The third kappa shape index (κ3) is 3.51. The zero-order valence-corrected chi connectivity index (χ0v) is 15.1. The molecule has 5 nitrogen and oxygen atoms in total. The molecule has 3 heterocycles. The van der Waals surface area contributed by atoms with Gasteiger partial charge in [0.2, 0.25) is 0 Å². The Morgan fingerprint density at radius 1 is 1.19 bits per heavy atom. The molecule has 134 valence electrons. The number of piperidine rings is 1. The van der Waals surface area contributed by atoms with Crippen LogP contribution in [0.5, 0.6) is 0 Å². The summed E-state index contributed by atoms with van der Waals surface area (Å²) in [6.07, 6.45) is 1.80. The molecule has 2 aromatic heterocycles. The Balaban J connectivity index is 1.28. The molecule has 26 heavy (non-hydrogen) atoms. The Morgan fingerprint density at radius 2 is 2.00 bits per heavy atom.